The SMILES string of the molecule is CCN[C@H]1C[C@H](n2cc(C)c(=O)[nH]c2=O)O[C@@H]1CO. The molecule has 0 saturated carbocycles. The van der Waals surface area contributed by atoms with Gasteiger partial charge in [0, 0.05) is 24.2 Å². The molecule has 0 unspecified atom stereocenters. The van der Waals surface area contributed by atoms with Gasteiger partial charge >= 0.3 is 5.69 Å². The van der Waals surface area contributed by atoms with Gasteiger partial charge in [0.15, 0.2) is 0 Å². The summed E-state index contributed by atoms with van der Waals surface area (Å²) in [5.41, 5.74) is -0.425. The molecule has 7 nitrogen and oxygen atoms in total. The second-order valence-corrected chi connectivity index (χ2v) is 4.69. The summed E-state index contributed by atoms with van der Waals surface area (Å²) in [5, 5.41) is 12.5. The van der Waals surface area contributed by atoms with Crippen molar-refractivity contribution in [3.8, 4) is 0 Å². The fourth-order valence-corrected chi connectivity index (χ4v) is 2.35. The lowest BCUT2D eigenvalue weighted by atomic mass is 10.1. The van der Waals surface area contributed by atoms with Crippen molar-refractivity contribution in [3.63, 3.8) is 0 Å². The van der Waals surface area contributed by atoms with Crippen LogP contribution in [0.5, 0.6) is 0 Å². The summed E-state index contributed by atoms with van der Waals surface area (Å²) >= 11 is 0. The largest absolute Gasteiger partial charge is 0.394 e. The van der Waals surface area contributed by atoms with E-state index < -0.39 is 11.9 Å². The molecular weight excluding hydrogens is 250 g/mol. The number of aliphatic hydroxyl groups is 1. The van der Waals surface area contributed by atoms with Gasteiger partial charge in [-0.25, -0.2) is 4.79 Å². The molecule has 1 aromatic rings. The third-order valence-corrected chi connectivity index (χ3v) is 3.34. The molecule has 0 bridgehead atoms. The van der Waals surface area contributed by atoms with Crippen molar-refractivity contribution in [2.24, 2.45) is 0 Å². The van der Waals surface area contributed by atoms with E-state index in [4.69, 9.17) is 4.74 Å². The molecule has 1 saturated heterocycles. The van der Waals surface area contributed by atoms with Crippen LogP contribution in [0.3, 0.4) is 0 Å². The van der Waals surface area contributed by atoms with Crippen molar-refractivity contribution in [2.75, 3.05) is 13.2 Å². The van der Waals surface area contributed by atoms with Gasteiger partial charge < -0.3 is 15.2 Å². The van der Waals surface area contributed by atoms with E-state index >= 15 is 0 Å². The Kier molecular flexibility index (Phi) is 4.18. The lowest BCUT2D eigenvalue weighted by Gasteiger charge is -2.16. The Bertz CT molecular complexity index is 551. The number of nitrogens with zero attached hydrogens (tertiary/aromatic N) is 1. The molecule has 1 aliphatic heterocycles. The van der Waals surface area contributed by atoms with Crippen molar-refractivity contribution in [2.45, 2.75) is 38.6 Å². The number of H-pyrrole nitrogens is 1. The molecule has 1 fully saturated rings. The lowest BCUT2D eigenvalue weighted by Crippen LogP contribution is -2.38. The first kappa shape index (κ1) is 14.0. The molecule has 1 aromatic heterocycles. The predicted octanol–water partition coefficient (Wildman–Crippen LogP) is -0.897. The highest BCUT2D eigenvalue weighted by Gasteiger charge is 2.35. The molecule has 19 heavy (non-hydrogen) atoms. The first-order valence-electron chi connectivity index (χ1n) is 6.38. The summed E-state index contributed by atoms with van der Waals surface area (Å²) in [4.78, 5) is 25.4. The Morgan fingerprint density at radius 1 is 1.58 bits per heavy atom. The normalized spacial score (nSPS) is 26.8. The highest BCUT2D eigenvalue weighted by atomic mass is 16.5. The Hall–Kier alpha value is -1.44. The van der Waals surface area contributed by atoms with E-state index in [9.17, 15) is 14.7 Å². The van der Waals surface area contributed by atoms with E-state index in [1.165, 1.54) is 10.8 Å². The zero-order valence-electron chi connectivity index (χ0n) is 11.0. The van der Waals surface area contributed by atoms with Gasteiger partial charge in [0.1, 0.15) is 6.23 Å². The van der Waals surface area contributed by atoms with Crippen LogP contribution < -0.4 is 16.6 Å². The molecule has 0 spiro atoms. The maximum absolute atomic E-state index is 11.8. The van der Waals surface area contributed by atoms with Gasteiger partial charge in [-0.15, -0.1) is 0 Å². The summed E-state index contributed by atoms with van der Waals surface area (Å²) in [6.45, 7) is 4.26. The number of aromatic nitrogens is 2. The second kappa shape index (κ2) is 5.68. The zero-order valence-corrected chi connectivity index (χ0v) is 11.0. The molecule has 3 atom stereocenters. The number of hydrogen-bond acceptors (Lipinski definition) is 5. The van der Waals surface area contributed by atoms with Gasteiger partial charge in [-0.3, -0.25) is 14.3 Å². The van der Waals surface area contributed by atoms with E-state index in [-0.39, 0.29) is 24.3 Å². The van der Waals surface area contributed by atoms with Crippen molar-refractivity contribution < 1.29 is 9.84 Å². The summed E-state index contributed by atoms with van der Waals surface area (Å²) in [6.07, 6.45) is 1.26. The molecule has 2 heterocycles. The molecule has 2 rings (SSSR count). The molecule has 106 valence electrons. The van der Waals surface area contributed by atoms with Crippen LogP contribution in [0.25, 0.3) is 0 Å². The predicted molar refractivity (Wildman–Crippen MR) is 69.1 cm³/mol. The van der Waals surface area contributed by atoms with Crippen molar-refractivity contribution in [1.82, 2.24) is 14.9 Å². The average Bonchev–Trinajstić information content (AvgIpc) is 2.77. The van der Waals surface area contributed by atoms with Gasteiger partial charge in [-0.05, 0) is 13.5 Å². The van der Waals surface area contributed by atoms with Crippen molar-refractivity contribution >= 4 is 0 Å². The topological polar surface area (TPSA) is 96.4 Å². The third-order valence-electron chi connectivity index (χ3n) is 3.34. The number of ether oxygens (including phenoxy) is 1. The van der Waals surface area contributed by atoms with Gasteiger partial charge in [0.2, 0.25) is 0 Å². The number of aliphatic hydroxyl groups excluding tert-OH is 1. The number of likely N-dealkylation sites (N-methyl/N-ethyl adjacent to an activating group) is 1. The van der Waals surface area contributed by atoms with Crippen LogP contribution in [-0.2, 0) is 4.74 Å². The summed E-state index contributed by atoms with van der Waals surface area (Å²) < 4.78 is 7.04. The smallest absolute Gasteiger partial charge is 0.330 e. The van der Waals surface area contributed by atoms with Crippen LogP contribution in [0.15, 0.2) is 15.8 Å². The van der Waals surface area contributed by atoms with Gasteiger partial charge in [0.25, 0.3) is 5.56 Å². The molecule has 0 radical (unpaired) electrons. The minimum absolute atomic E-state index is 0.000802. The van der Waals surface area contributed by atoms with Crippen LogP contribution in [0.1, 0.15) is 25.1 Å². The average molecular weight is 269 g/mol. The van der Waals surface area contributed by atoms with E-state index in [1.54, 1.807) is 6.92 Å². The zero-order chi connectivity index (χ0) is 14.0. The quantitative estimate of drug-likeness (QED) is 0.658. The molecule has 0 aliphatic carbocycles. The fraction of sp³-hybridized carbons (Fsp3) is 0.667. The molecule has 0 aromatic carbocycles. The van der Waals surface area contributed by atoms with Gasteiger partial charge in [-0.1, -0.05) is 6.92 Å². The van der Waals surface area contributed by atoms with Crippen molar-refractivity contribution in [3.05, 3.63) is 32.6 Å². The highest BCUT2D eigenvalue weighted by Crippen LogP contribution is 2.27. The number of aryl methyl sites for hydroxylation is 1. The number of rotatable bonds is 4. The second-order valence-electron chi connectivity index (χ2n) is 4.69. The lowest BCUT2D eigenvalue weighted by molar-refractivity contribution is -0.0290. The van der Waals surface area contributed by atoms with Gasteiger partial charge in [0.05, 0.1) is 12.7 Å². The van der Waals surface area contributed by atoms with Crippen molar-refractivity contribution in [1.29, 1.82) is 0 Å². The van der Waals surface area contributed by atoms with Gasteiger partial charge in [-0.2, -0.15) is 0 Å². The minimum Gasteiger partial charge on any atom is -0.394 e. The molecule has 1 aliphatic rings. The Labute approximate surface area is 110 Å². The molecule has 7 heteroatoms. The van der Waals surface area contributed by atoms with Crippen LogP contribution in [0.2, 0.25) is 0 Å². The first-order chi connectivity index (χ1) is 9.06. The summed E-state index contributed by atoms with van der Waals surface area (Å²) in [5.74, 6) is 0. The maximum atomic E-state index is 11.8. The van der Waals surface area contributed by atoms with E-state index in [0.29, 0.717) is 12.0 Å². The Morgan fingerprint density at radius 3 is 2.95 bits per heavy atom. The monoisotopic (exact) mass is 269 g/mol. The van der Waals surface area contributed by atoms with E-state index in [0.717, 1.165) is 6.54 Å². The van der Waals surface area contributed by atoms with Crippen LogP contribution in [0, 0.1) is 6.92 Å². The summed E-state index contributed by atoms with van der Waals surface area (Å²) in [7, 11) is 0. The number of hydrogen-bond donors (Lipinski definition) is 3. The van der Waals surface area contributed by atoms with Crippen LogP contribution in [0.4, 0.5) is 0 Å². The Morgan fingerprint density at radius 2 is 2.32 bits per heavy atom. The third kappa shape index (κ3) is 2.78. The maximum Gasteiger partial charge on any atom is 0.330 e. The standard InChI is InChI=1S/C12H19N3O4/c1-3-13-8-4-10(19-9(8)6-16)15-5-7(2)11(17)14-12(15)18/h5,8-10,13,16H,3-4,6H2,1-2H3,(H,14,17,18)/t8-,9+,10+/m0/s1. The van der Waals surface area contributed by atoms with Crippen LogP contribution in [-0.4, -0.2) is 40.0 Å². The van der Waals surface area contributed by atoms with E-state index in [2.05, 4.69) is 10.3 Å². The summed E-state index contributed by atoms with van der Waals surface area (Å²) in [6, 6.07) is -0.000802. The van der Waals surface area contributed by atoms with E-state index in [1.807, 2.05) is 6.92 Å². The number of aromatic amines is 1. The Balaban J connectivity index is 2.27. The minimum atomic E-state index is -0.491. The van der Waals surface area contributed by atoms with Crippen LogP contribution >= 0.6 is 0 Å². The highest BCUT2D eigenvalue weighted by molar-refractivity contribution is 5.02. The first-order valence-corrected chi connectivity index (χ1v) is 6.38. The molecule has 0 amide bonds. The molecule has 3 N–H and O–H groups in total. The molecular formula is C12H19N3O4. The number of nitrogens with one attached hydrogen (secondary N) is 2. The fourth-order valence-electron chi connectivity index (χ4n) is 2.35.